The Kier molecular flexibility index (Phi) is 4.02. The molecule has 0 radical (unpaired) electrons. The summed E-state index contributed by atoms with van der Waals surface area (Å²) in [5.74, 6) is 0.426. The van der Waals surface area contributed by atoms with Gasteiger partial charge in [0.05, 0.1) is 0 Å². The third-order valence-electron chi connectivity index (χ3n) is 6.49. The summed E-state index contributed by atoms with van der Waals surface area (Å²) in [7, 11) is 0. The molecule has 1 unspecified atom stereocenters. The maximum Gasteiger partial charge on any atom is 0.133 e. The largest absolute Gasteiger partial charge is 0.311 e. The number of Topliss-reactive ketones (excluding diaryl/α,β-unsaturated/α-hetero) is 1. The number of carbonyl (C=O) groups is 1. The summed E-state index contributed by atoms with van der Waals surface area (Å²) in [5, 5.41) is 3.73. The molecule has 0 aliphatic carbocycles. The van der Waals surface area contributed by atoms with Crippen LogP contribution in [0.15, 0.2) is 0 Å². The van der Waals surface area contributed by atoms with Gasteiger partial charge in [0.1, 0.15) is 5.78 Å². The van der Waals surface area contributed by atoms with Gasteiger partial charge in [0.15, 0.2) is 0 Å². The van der Waals surface area contributed by atoms with Crippen LogP contribution < -0.4 is 5.32 Å². The van der Waals surface area contributed by atoms with Crippen molar-refractivity contribution in [1.29, 1.82) is 0 Å². The van der Waals surface area contributed by atoms with Gasteiger partial charge in [0, 0.05) is 18.0 Å². The van der Waals surface area contributed by atoms with E-state index in [1.807, 2.05) is 0 Å². The number of hydrogen-bond donors (Lipinski definition) is 1. The maximum absolute atomic E-state index is 12.2. The summed E-state index contributed by atoms with van der Waals surface area (Å²) in [6, 6.07) is 0. The lowest BCUT2D eigenvalue weighted by Crippen LogP contribution is -2.62. The standard InChI is InChI=1S/C17H33NO/c1-12(19)13-10-14(2,3)15(4,5)11-18-17(8,9)16(13,6)7/h13,18H,10-11H2,1-9H3. The first-order valence-electron chi connectivity index (χ1n) is 7.50. The lowest BCUT2D eigenvalue weighted by Gasteiger charge is -2.55. The SMILES string of the molecule is CC(=O)C1CC(C)(C)C(C)(C)CNC(C)(C)C1(C)C. The molecule has 1 rings (SSSR count). The molecule has 0 aromatic rings. The van der Waals surface area contributed by atoms with Gasteiger partial charge >= 0.3 is 0 Å². The molecule has 0 aromatic carbocycles. The van der Waals surface area contributed by atoms with Crippen LogP contribution in [0.5, 0.6) is 0 Å². The molecular weight excluding hydrogens is 234 g/mol. The molecule has 1 atom stereocenters. The summed E-state index contributed by atoms with van der Waals surface area (Å²) in [6.45, 7) is 20.9. The molecule has 1 fully saturated rings. The van der Waals surface area contributed by atoms with E-state index in [9.17, 15) is 4.79 Å². The van der Waals surface area contributed by atoms with Crippen LogP contribution in [0.4, 0.5) is 0 Å². The zero-order valence-electron chi connectivity index (χ0n) is 14.4. The second-order valence-electron chi connectivity index (χ2n) is 8.84. The minimum absolute atomic E-state index is 0.0445. The van der Waals surface area contributed by atoms with Gasteiger partial charge in [-0.3, -0.25) is 4.79 Å². The molecule has 0 bridgehead atoms. The molecule has 1 N–H and O–H groups in total. The Morgan fingerprint density at radius 3 is 1.84 bits per heavy atom. The summed E-state index contributed by atoms with van der Waals surface area (Å²) in [5.41, 5.74) is 0.224. The van der Waals surface area contributed by atoms with Gasteiger partial charge in [-0.05, 0) is 43.4 Å². The Hall–Kier alpha value is -0.370. The van der Waals surface area contributed by atoms with Crippen LogP contribution in [0.2, 0.25) is 0 Å². The van der Waals surface area contributed by atoms with Gasteiger partial charge in [-0.2, -0.15) is 0 Å². The topological polar surface area (TPSA) is 29.1 Å². The van der Waals surface area contributed by atoms with E-state index in [2.05, 4.69) is 60.7 Å². The highest BCUT2D eigenvalue weighted by molar-refractivity contribution is 5.79. The van der Waals surface area contributed by atoms with E-state index in [1.54, 1.807) is 6.92 Å². The van der Waals surface area contributed by atoms with Crippen LogP contribution in [0.1, 0.15) is 68.7 Å². The van der Waals surface area contributed by atoms with Crippen LogP contribution in [0, 0.1) is 22.2 Å². The number of ketones is 1. The van der Waals surface area contributed by atoms with Crippen LogP contribution in [-0.4, -0.2) is 17.9 Å². The first-order valence-corrected chi connectivity index (χ1v) is 7.50. The van der Waals surface area contributed by atoms with Crippen molar-refractivity contribution in [1.82, 2.24) is 5.32 Å². The van der Waals surface area contributed by atoms with Gasteiger partial charge in [0.25, 0.3) is 0 Å². The maximum atomic E-state index is 12.2. The molecule has 0 amide bonds. The highest BCUT2D eigenvalue weighted by atomic mass is 16.1. The summed E-state index contributed by atoms with van der Waals surface area (Å²) in [4.78, 5) is 12.2. The van der Waals surface area contributed by atoms with E-state index in [-0.39, 0.29) is 27.7 Å². The molecule has 2 heteroatoms. The first-order chi connectivity index (χ1) is 8.25. The highest BCUT2D eigenvalue weighted by Gasteiger charge is 2.51. The van der Waals surface area contributed by atoms with E-state index in [1.165, 1.54) is 0 Å². The van der Waals surface area contributed by atoms with Crippen molar-refractivity contribution in [2.45, 2.75) is 74.3 Å². The zero-order valence-corrected chi connectivity index (χ0v) is 14.4. The van der Waals surface area contributed by atoms with Crippen molar-refractivity contribution >= 4 is 5.78 Å². The predicted octanol–water partition coefficient (Wildman–Crippen LogP) is 4.04. The minimum Gasteiger partial charge on any atom is -0.311 e. The minimum atomic E-state index is -0.0490. The fourth-order valence-corrected chi connectivity index (χ4v) is 3.04. The average Bonchev–Trinajstić information content (AvgIpc) is 2.21. The van der Waals surface area contributed by atoms with Gasteiger partial charge in [-0.15, -0.1) is 0 Å². The lowest BCUT2D eigenvalue weighted by atomic mass is 9.54. The Labute approximate surface area is 119 Å². The molecule has 0 saturated carbocycles. The monoisotopic (exact) mass is 267 g/mol. The molecule has 0 spiro atoms. The Bertz CT molecular complexity index is 361. The number of rotatable bonds is 1. The third kappa shape index (κ3) is 2.74. The molecule has 2 nitrogen and oxygen atoms in total. The fourth-order valence-electron chi connectivity index (χ4n) is 3.04. The summed E-state index contributed by atoms with van der Waals surface area (Å²) in [6.07, 6.45) is 0.966. The van der Waals surface area contributed by atoms with Crippen molar-refractivity contribution in [2.75, 3.05) is 6.54 Å². The van der Waals surface area contributed by atoms with E-state index in [4.69, 9.17) is 0 Å². The molecule has 112 valence electrons. The van der Waals surface area contributed by atoms with Crippen molar-refractivity contribution in [2.24, 2.45) is 22.2 Å². The van der Waals surface area contributed by atoms with Crippen LogP contribution in [0.3, 0.4) is 0 Å². The first kappa shape index (κ1) is 16.7. The van der Waals surface area contributed by atoms with E-state index < -0.39 is 0 Å². The average molecular weight is 267 g/mol. The van der Waals surface area contributed by atoms with Crippen LogP contribution >= 0.6 is 0 Å². The summed E-state index contributed by atoms with van der Waals surface area (Å²) < 4.78 is 0. The molecule has 0 aromatic heterocycles. The Morgan fingerprint density at radius 1 is 0.947 bits per heavy atom. The van der Waals surface area contributed by atoms with Gasteiger partial charge in [-0.1, -0.05) is 41.5 Å². The van der Waals surface area contributed by atoms with Crippen LogP contribution in [-0.2, 0) is 4.79 Å². The number of nitrogens with one attached hydrogen (secondary N) is 1. The highest BCUT2D eigenvalue weighted by Crippen LogP contribution is 2.51. The Balaban J connectivity index is 3.30. The molecule has 1 aliphatic rings. The van der Waals surface area contributed by atoms with E-state index in [0.717, 1.165) is 13.0 Å². The van der Waals surface area contributed by atoms with Crippen LogP contribution in [0.25, 0.3) is 0 Å². The quantitative estimate of drug-likeness (QED) is 0.777. The fraction of sp³-hybridized carbons (Fsp3) is 0.941. The predicted molar refractivity (Wildman–Crippen MR) is 82.2 cm³/mol. The van der Waals surface area contributed by atoms with Crippen molar-refractivity contribution in [3.63, 3.8) is 0 Å². The molecule has 1 aliphatic heterocycles. The van der Waals surface area contributed by atoms with E-state index >= 15 is 0 Å². The second-order valence-corrected chi connectivity index (χ2v) is 8.84. The van der Waals surface area contributed by atoms with Crippen molar-refractivity contribution in [3.8, 4) is 0 Å². The second kappa shape index (κ2) is 4.58. The van der Waals surface area contributed by atoms with Crippen molar-refractivity contribution in [3.05, 3.63) is 0 Å². The van der Waals surface area contributed by atoms with E-state index in [0.29, 0.717) is 5.78 Å². The Morgan fingerprint density at radius 2 is 1.42 bits per heavy atom. The molecule has 19 heavy (non-hydrogen) atoms. The number of hydrogen-bond acceptors (Lipinski definition) is 2. The van der Waals surface area contributed by atoms with Gasteiger partial charge in [-0.25, -0.2) is 0 Å². The lowest BCUT2D eigenvalue weighted by molar-refractivity contribution is -0.131. The molecule has 1 saturated heterocycles. The smallest absolute Gasteiger partial charge is 0.133 e. The summed E-state index contributed by atoms with van der Waals surface area (Å²) >= 11 is 0. The van der Waals surface area contributed by atoms with Gasteiger partial charge < -0.3 is 5.32 Å². The van der Waals surface area contributed by atoms with Crippen molar-refractivity contribution < 1.29 is 4.79 Å². The third-order valence-corrected chi connectivity index (χ3v) is 6.49. The zero-order chi connectivity index (χ0) is 15.3. The number of carbonyl (C=O) groups excluding carboxylic acids is 1. The van der Waals surface area contributed by atoms with Gasteiger partial charge in [0.2, 0.25) is 0 Å². The molecule has 1 heterocycles. The molecular formula is C17H33NO. The normalized spacial score (nSPS) is 32.2.